The summed E-state index contributed by atoms with van der Waals surface area (Å²) in [5.74, 6) is 1.00. The molecule has 9 heteroatoms. The maximum absolute atomic E-state index is 13.3. The number of hydrogen-bond acceptors (Lipinski definition) is 8. The minimum Gasteiger partial charge on any atom is -0.328 e. The number of para-hydroxylation sites is 2. The maximum atomic E-state index is 13.3. The fraction of sp³-hybridized carbons (Fsp3) is 0.148. The van der Waals surface area contributed by atoms with Gasteiger partial charge < -0.3 is 9.80 Å². The Morgan fingerprint density at radius 3 is 2.19 bits per heavy atom. The van der Waals surface area contributed by atoms with Crippen molar-refractivity contribution in [1.29, 1.82) is 5.26 Å². The van der Waals surface area contributed by atoms with Crippen LogP contribution in [0.2, 0.25) is 0 Å². The number of thioether (sulfide) groups is 1. The Morgan fingerprint density at radius 2 is 1.58 bits per heavy atom. The third-order valence-electron chi connectivity index (χ3n) is 6.05. The van der Waals surface area contributed by atoms with E-state index in [-0.39, 0.29) is 17.1 Å². The molecule has 0 saturated heterocycles. The lowest BCUT2D eigenvalue weighted by Crippen LogP contribution is -2.26. The van der Waals surface area contributed by atoms with Crippen molar-refractivity contribution in [2.24, 2.45) is 0 Å². The first-order chi connectivity index (χ1) is 17.5. The summed E-state index contributed by atoms with van der Waals surface area (Å²) in [4.78, 5) is 21.2. The average molecular weight is 494 g/mol. The van der Waals surface area contributed by atoms with Crippen LogP contribution in [-0.2, 0) is 4.79 Å². The molecule has 0 atom stereocenters. The Morgan fingerprint density at radius 1 is 0.944 bits per heavy atom. The number of pyridine rings is 1. The van der Waals surface area contributed by atoms with E-state index in [4.69, 9.17) is 0 Å². The van der Waals surface area contributed by atoms with Crippen LogP contribution in [0.3, 0.4) is 0 Å². The number of carbonyl (C=O) groups excluding carboxylic acids is 1. The molecule has 36 heavy (non-hydrogen) atoms. The topological polar surface area (TPSA) is 90.9 Å². The number of rotatable bonds is 6. The molecular formula is C27H23N7OS. The summed E-state index contributed by atoms with van der Waals surface area (Å²) in [7, 11) is 3.73. The van der Waals surface area contributed by atoms with E-state index in [1.807, 2.05) is 96.0 Å². The van der Waals surface area contributed by atoms with Crippen molar-refractivity contribution >= 4 is 28.9 Å². The van der Waals surface area contributed by atoms with Crippen molar-refractivity contribution in [3.63, 3.8) is 0 Å². The molecular weight excluding hydrogens is 470 g/mol. The molecule has 8 nitrogen and oxygen atoms in total. The number of allylic oxidation sites excluding steroid dienone is 1. The summed E-state index contributed by atoms with van der Waals surface area (Å²) < 4.78 is 1.93. The van der Waals surface area contributed by atoms with Gasteiger partial charge in [-0.15, -0.1) is 10.2 Å². The first kappa shape index (κ1) is 23.3. The van der Waals surface area contributed by atoms with Gasteiger partial charge in [0.1, 0.15) is 17.5 Å². The van der Waals surface area contributed by atoms with Crippen LogP contribution in [0.15, 0.2) is 89.6 Å². The third-order valence-corrected chi connectivity index (χ3v) is 6.98. The smallest absolute Gasteiger partial charge is 0.196 e. The van der Waals surface area contributed by atoms with Crippen LogP contribution in [0.1, 0.15) is 5.56 Å². The van der Waals surface area contributed by atoms with Gasteiger partial charge in [-0.2, -0.15) is 5.26 Å². The summed E-state index contributed by atoms with van der Waals surface area (Å²) >= 11 is 1.26. The zero-order valence-corrected chi connectivity index (χ0v) is 20.9. The first-order valence-electron chi connectivity index (χ1n) is 11.3. The lowest BCUT2D eigenvalue weighted by atomic mass is 10.2. The fourth-order valence-corrected chi connectivity index (χ4v) is 5.06. The monoisotopic (exact) mass is 493 g/mol. The molecule has 1 aliphatic heterocycles. The summed E-state index contributed by atoms with van der Waals surface area (Å²) in [6.45, 7) is 2.03. The van der Waals surface area contributed by atoms with E-state index in [9.17, 15) is 10.1 Å². The van der Waals surface area contributed by atoms with Gasteiger partial charge in [0.15, 0.2) is 16.8 Å². The van der Waals surface area contributed by atoms with Gasteiger partial charge in [0, 0.05) is 37.7 Å². The predicted molar refractivity (Wildman–Crippen MR) is 141 cm³/mol. The molecule has 1 aliphatic rings. The van der Waals surface area contributed by atoms with Crippen molar-refractivity contribution in [2.45, 2.75) is 12.1 Å². The van der Waals surface area contributed by atoms with Crippen LogP contribution in [0.25, 0.3) is 17.1 Å². The maximum Gasteiger partial charge on any atom is 0.196 e. The normalized spacial score (nSPS) is 12.4. The Balaban J connectivity index is 1.47. The van der Waals surface area contributed by atoms with Gasteiger partial charge in [-0.25, -0.2) is 0 Å². The lowest BCUT2D eigenvalue weighted by Gasteiger charge is -2.19. The van der Waals surface area contributed by atoms with Crippen LogP contribution >= 0.6 is 11.8 Å². The second-order valence-electron chi connectivity index (χ2n) is 8.34. The highest BCUT2D eigenvalue weighted by Crippen LogP contribution is 2.40. The van der Waals surface area contributed by atoms with Crippen LogP contribution in [0, 0.1) is 18.3 Å². The standard InChI is InChI=1S/C27H23N7OS/c1-18-8-10-20(11-9-18)34-25(19-12-14-29-15-13-19)30-31-27(34)36-17-24(35)21(16-28)26-32(2)22-6-4-5-7-23(22)33(26)3/h4-15H,17H2,1-3H3. The largest absolute Gasteiger partial charge is 0.328 e. The minimum absolute atomic E-state index is 0.0464. The van der Waals surface area contributed by atoms with Crippen LogP contribution in [-0.4, -0.2) is 45.4 Å². The Bertz CT molecular complexity index is 1470. The molecule has 3 heterocycles. The second kappa shape index (κ2) is 9.68. The summed E-state index contributed by atoms with van der Waals surface area (Å²) in [6, 6.07) is 21.7. The van der Waals surface area contributed by atoms with Crippen molar-refractivity contribution < 1.29 is 4.79 Å². The number of benzene rings is 2. The Hall–Kier alpha value is -4.42. The van der Waals surface area contributed by atoms with E-state index in [1.54, 1.807) is 12.4 Å². The molecule has 178 valence electrons. The highest BCUT2D eigenvalue weighted by atomic mass is 32.2. The molecule has 0 fully saturated rings. The number of hydrogen-bond donors (Lipinski definition) is 0. The van der Waals surface area contributed by atoms with Gasteiger partial charge in [-0.05, 0) is 43.3 Å². The van der Waals surface area contributed by atoms with Gasteiger partial charge in [0.25, 0.3) is 0 Å². The Labute approximate surface area is 213 Å². The number of aryl methyl sites for hydroxylation is 1. The lowest BCUT2D eigenvalue weighted by molar-refractivity contribution is -0.112. The van der Waals surface area contributed by atoms with E-state index >= 15 is 0 Å². The van der Waals surface area contributed by atoms with E-state index in [1.165, 1.54) is 11.8 Å². The molecule has 0 unspecified atom stereocenters. The van der Waals surface area contributed by atoms with E-state index < -0.39 is 0 Å². The predicted octanol–water partition coefficient (Wildman–Crippen LogP) is 4.62. The fourth-order valence-electron chi connectivity index (χ4n) is 4.24. The van der Waals surface area contributed by atoms with Gasteiger partial charge in [-0.1, -0.05) is 41.6 Å². The molecule has 0 N–H and O–H groups in total. The molecule has 0 spiro atoms. The van der Waals surface area contributed by atoms with Gasteiger partial charge in [-0.3, -0.25) is 14.3 Å². The summed E-state index contributed by atoms with van der Waals surface area (Å²) in [5.41, 5.74) is 4.89. The van der Waals surface area contributed by atoms with Crippen LogP contribution in [0.4, 0.5) is 11.4 Å². The van der Waals surface area contributed by atoms with Crippen molar-refractivity contribution in [3.8, 4) is 23.1 Å². The SMILES string of the molecule is Cc1ccc(-n2c(SCC(=O)C(C#N)=C3N(C)c4ccccc4N3C)nnc2-c2ccncc2)cc1. The number of anilines is 2. The van der Waals surface area contributed by atoms with Crippen LogP contribution in [0.5, 0.6) is 0 Å². The molecule has 0 saturated carbocycles. The number of nitriles is 1. The van der Waals surface area contributed by atoms with Gasteiger partial charge in [0.05, 0.1) is 17.1 Å². The Kier molecular flexibility index (Phi) is 6.27. The molecule has 0 radical (unpaired) electrons. The second-order valence-corrected chi connectivity index (χ2v) is 9.28. The van der Waals surface area contributed by atoms with Gasteiger partial charge >= 0.3 is 0 Å². The van der Waals surface area contributed by atoms with Gasteiger partial charge in [0.2, 0.25) is 0 Å². The highest BCUT2D eigenvalue weighted by molar-refractivity contribution is 7.99. The number of nitrogens with zero attached hydrogens (tertiary/aromatic N) is 7. The molecule has 2 aromatic heterocycles. The molecule has 0 aliphatic carbocycles. The van der Waals surface area contributed by atoms with E-state index in [0.717, 1.165) is 28.2 Å². The van der Waals surface area contributed by atoms with Crippen molar-refractivity contribution in [2.75, 3.05) is 29.6 Å². The molecule has 4 aromatic rings. The highest BCUT2D eigenvalue weighted by Gasteiger charge is 2.31. The van der Waals surface area contributed by atoms with Crippen LogP contribution < -0.4 is 9.80 Å². The van der Waals surface area contributed by atoms with E-state index in [2.05, 4.69) is 21.3 Å². The molecule has 0 bridgehead atoms. The number of fused-ring (bicyclic) bond motifs is 1. The van der Waals surface area contributed by atoms with Crippen molar-refractivity contribution in [3.05, 3.63) is 90.0 Å². The summed E-state index contributed by atoms with van der Waals surface area (Å²) in [5, 5.41) is 19.3. The zero-order valence-electron chi connectivity index (χ0n) is 20.1. The number of ketones is 1. The number of Topliss-reactive ketones (excluding diaryl/α,β-unsaturated/α-hetero) is 1. The van der Waals surface area contributed by atoms with E-state index in [0.29, 0.717) is 16.8 Å². The minimum atomic E-state index is -0.270. The zero-order chi connectivity index (χ0) is 25.2. The van der Waals surface area contributed by atoms with Crippen molar-refractivity contribution in [1.82, 2.24) is 19.7 Å². The number of aromatic nitrogens is 4. The number of carbonyl (C=O) groups is 1. The summed E-state index contributed by atoms with van der Waals surface area (Å²) in [6.07, 6.45) is 3.41. The molecule has 5 rings (SSSR count). The molecule has 0 amide bonds. The average Bonchev–Trinajstić information content (AvgIpc) is 3.44. The quantitative estimate of drug-likeness (QED) is 0.218. The third kappa shape index (κ3) is 4.12. The first-order valence-corrected chi connectivity index (χ1v) is 12.3. The molecule has 2 aromatic carbocycles.